The molecule has 0 radical (unpaired) electrons. The second kappa shape index (κ2) is 5.40. The van der Waals surface area contributed by atoms with E-state index in [0.717, 1.165) is 23.4 Å². The second-order valence-corrected chi connectivity index (χ2v) is 8.50. The Morgan fingerprint density at radius 3 is 3.00 bits per heavy atom. The van der Waals surface area contributed by atoms with Gasteiger partial charge in [0.25, 0.3) is 0 Å². The number of benzene rings is 1. The van der Waals surface area contributed by atoms with Crippen LogP contribution in [-0.4, -0.2) is 30.2 Å². The fraction of sp³-hybridized carbons (Fsp3) is 0.333. The van der Waals surface area contributed by atoms with Crippen molar-refractivity contribution in [2.45, 2.75) is 30.2 Å². The first-order chi connectivity index (χ1) is 11.1. The summed E-state index contributed by atoms with van der Waals surface area (Å²) < 4.78 is 27.6. The number of nitrogens with zero attached hydrogens (tertiary/aromatic N) is 2. The zero-order valence-corrected chi connectivity index (χ0v) is 13.9. The van der Waals surface area contributed by atoms with E-state index in [0.29, 0.717) is 12.2 Å². The summed E-state index contributed by atoms with van der Waals surface area (Å²) >= 11 is 1.48. The molecule has 1 fully saturated rings. The molecular formula is C15H15N3O3S2. The summed E-state index contributed by atoms with van der Waals surface area (Å²) in [6, 6.07) is 4.66. The number of sulfonamides is 1. The van der Waals surface area contributed by atoms with Crippen LogP contribution >= 0.6 is 11.3 Å². The minimum absolute atomic E-state index is 0.101. The van der Waals surface area contributed by atoms with Crippen LogP contribution in [-0.2, 0) is 21.2 Å². The van der Waals surface area contributed by atoms with Crippen LogP contribution < -0.4 is 5.32 Å². The SMILES string of the molecule is O=C1Cc2cc(S(=O)(=O)N3CCCC3c3nccs3)ccc2N1. The first kappa shape index (κ1) is 14.8. The van der Waals surface area contributed by atoms with E-state index in [2.05, 4.69) is 10.3 Å². The van der Waals surface area contributed by atoms with E-state index in [1.807, 2.05) is 5.38 Å². The van der Waals surface area contributed by atoms with Crippen LogP contribution in [0, 0.1) is 0 Å². The zero-order valence-electron chi connectivity index (χ0n) is 12.2. The number of amides is 1. The van der Waals surface area contributed by atoms with Gasteiger partial charge in [0.1, 0.15) is 5.01 Å². The number of carbonyl (C=O) groups is 1. The van der Waals surface area contributed by atoms with Gasteiger partial charge in [-0.25, -0.2) is 13.4 Å². The quantitative estimate of drug-likeness (QED) is 0.921. The van der Waals surface area contributed by atoms with E-state index in [-0.39, 0.29) is 23.3 Å². The highest BCUT2D eigenvalue weighted by Crippen LogP contribution is 2.38. The molecule has 2 aliphatic heterocycles. The van der Waals surface area contributed by atoms with Crippen molar-refractivity contribution in [3.8, 4) is 0 Å². The van der Waals surface area contributed by atoms with Gasteiger partial charge in [0, 0.05) is 23.8 Å². The molecule has 0 aliphatic carbocycles. The molecule has 2 aliphatic rings. The zero-order chi connectivity index (χ0) is 16.0. The Morgan fingerprint density at radius 2 is 2.22 bits per heavy atom. The molecule has 2 aromatic rings. The second-order valence-electron chi connectivity index (χ2n) is 5.69. The van der Waals surface area contributed by atoms with E-state index >= 15 is 0 Å². The monoisotopic (exact) mass is 349 g/mol. The maximum atomic E-state index is 13.0. The number of anilines is 1. The van der Waals surface area contributed by atoms with Crippen LogP contribution in [0.4, 0.5) is 5.69 Å². The highest BCUT2D eigenvalue weighted by atomic mass is 32.2. The predicted molar refractivity (Wildman–Crippen MR) is 86.8 cm³/mol. The van der Waals surface area contributed by atoms with Crippen LogP contribution in [0.1, 0.15) is 29.5 Å². The molecule has 3 heterocycles. The van der Waals surface area contributed by atoms with Crippen LogP contribution in [0.15, 0.2) is 34.7 Å². The minimum Gasteiger partial charge on any atom is -0.326 e. The normalized spacial score (nSPS) is 21.4. The number of hydrogen-bond donors (Lipinski definition) is 1. The number of hydrogen-bond acceptors (Lipinski definition) is 5. The van der Waals surface area contributed by atoms with Crippen LogP contribution in [0.2, 0.25) is 0 Å². The maximum absolute atomic E-state index is 13.0. The first-order valence-corrected chi connectivity index (χ1v) is 9.72. The Bertz CT molecular complexity index is 862. The van der Waals surface area contributed by atoms with Crippen molar-refractivity contribution in [2.75, 3.05) is 11.9 Å². The molecule has 1 aromatic heterocycles. The topological polar surface area (TPSA) is 79.4 Å². The van der Waals surface area contributed by atoms with Gasteiger partial charge in [0.15, 0.2) is 0 Å². The van der Waals surface area contributed by atoms with Gasteiger partial charge >= 0.3 is 0 Å². The van der Waals surface area contributed by atoms with Crippen molar-refractivity contribution in [3.05, 3.63) is 40.3 Å². The average molecular weight is 349 g/mol. The molecule has 0 saturated carbocycles. The lowest BCUT2D eigenvalue weighted by Gasteiger charge is -2.22. The van der Waals surface area contributed by atoms with Crippen molar-refractivity contribution in [1.29, 1.82) is 0 Å². The number of carbonyl (C=O) groups excluding carboxylic acids is 1. The van der Waals surface area contributed by atoms with Gasteiger partial charge in [-0.1, -0.05) is 0 Å². The van der Waals surface area contributed by atoms with Crippen LogP contribution in [0.3, 0.4) is 0 Å². The third-order valence-electron chi connectivity index (χ3n) is 4.25. The molecule has 1 saturated heterocycles. The van der Waals surface area contributed by atoms with Crippen molar-refractivity contribution in [2.24, 2.45) is 0 Å². The predicted octanol–water partition coefficient (Wildman–Crippen LogP) is 2.16. The summed E-state index contributed by atoms with van der Waals surface area (Å²) in [6.07, 6.45) is 3.55. The average Bonchev–Trinajstić information content (AvgIpc) is 3.25. The highest BCUT2D eigenvalue weighted by molar-refractivity contribution is 7.89. The van der Waals surface area contributed by atoms with Gasteiger partial charge in [0.2, 0.25) is 15.9 Å². The molecule has 1 unspecified atom stereocenters. The molecule has 6 nitrogen and oxygen atoms in total. The molecule has 1 aromatic carbocycles. The molecule has 1 N–H and O–H groups in total. The Kier molecular flexibility index (Phi) is 3.47. The largest absolute Gasteiger partial charge is 0.326 e. The number of rotatable bonds is 3. The standard InChI is InChI=1S/C15H15N3O3S2/c19-14-9-10-8-11(3-4-12(10)17-14)23(20,21)18-6-1-2-13(18)15-16-5-7-22-15/h3-5,7-8,13H,1-2,6,9H2,(H,17,19). The third-order valence-corrected chi connectivity index (χ3v) is 7.03. The van der Waals surface area contributed by atoms with Crippen molar-refractivity contribution in [1.82, 2.24) is 9.29 Å². The van der Waals surface area contributed by atoms with Gasteiger partial charge in [0.05, 0.1) is 17.4 Å². The Labute approximate surface area is 138 Å². The van der Waals surface area contributed by atoms with Gasteiger partial charge < -0.3 is 5.32 Å². The molecule has 0 spiro atoms. The van der Waals surface area contributed by atoms with E-state index in [4.69, 9.17) is 0 Å². The first-order valence-electron chi connectivity index (χ1n) is 7.40. The Balaban J connectivity index is 1.70. The fourth-order valence-corrected chi connectivity index (χ4v) is 5.74. The minimum atomic E-state index is -3.59. The lowest BCUT2D eigenvalue weighted by Crippen LogP contribution is -2.30. The summed E-state index contributed by atoms with van der Waals surface area (Å²) in [5.41, 5.74) is 1.44. The van der Waals surface area contributed by atoms with Gasteiger partial charge in [-0.2, -0.15) is 4.31 Å². The molecular weight excluding hydrogens is 334 g/mol. The van der Waals surface area contributed by atoms with Crippen molar-refractivity contribution < 1.29 is 13.2 Å². The van der Waals surface area contributed by atoms with Gasteiger partial charge in [-0.15, -0.1) is 11.3 Å². The third kappa shape index (κ3) is 2.46. The number of aromatic nitrogens is 1. The van der Waals surface area contributed by atoms with Gasteiger partial charge in [-0.05, 0) is 36.6 Å². The number of thiazole rings is 1. The summed E-state index contributed by atoms with van der Waals surface area (Å²) in [7, 11) is -3.59. The lowest BCUT2D eigenvalue weighted by molar-refractivity contribution is -0.115. The smallest absolute Gasteiger partial charge is 0.243 e. The Hall–Kier alpha value is -1.77. The number of nitrogens with one attached hydrogen (secondary N) is 1. The summed E-state index contributed by atoms with van der Waals surface area (Å²) in [6.45, 7) is 0.501. The molecule has 23 heavy (non-hydrogen) atoms. The summed E-state index contributed by atoms with van der Waals surface area (Å²) in [5, 5.41) is 5.42. The van der Waals surface area contributed by atoms with E-state index < -0.39 is 10.0 Å². The molecule has 0 bridgehead atoms. The van der Waals surface area contributed by atoms with E-state index in [9.17, 15) is 13.2 Å². The summed E-state index contributed by atoms with van der Waals surface area (Å²) in [4.78, 5) is 16.0. The maximum Gasteiger partial charge on any atom is 0.243 e. The fourth-order valence-electron chi connectivity index (χ4n) is 3.18. The van der Waals surface area contributed by atoms with Gasteiger partial charge in [-0.3, -0.25) is 4.79 Å². The Morgan fingerprint density at radius 1 is 1.35 bits per heavy atom. The highest BCUT2D eigenvalue weighted by Gasteiger charge is 2.38. The molecule has 1 atom stereocenters. The molecule has 1 amide bonds. The molecule has 120 valence electrons. The molecule has 8 heteroatoms. The summed E-state index contributed by atoms with van der Waals surface area (Å²) in [5.74, 6) is -0.101. The van der Waals surface area contributed by atoms with Crippen LogP contribution in [0.25, 0.3) is 0 Å². The van der Waals surface area contributed by atoms with E-state index in [1.165, 1.54) is 15.6 Å². The molecule has 4 rings (SSSR count). The van der Waals surface area contributed by atoms with Crippen molar-refractivity contribution in [3.63, 3.8) is 0 Å². The lowest BCUT2D eigenvalue weighted by atomic mass is 10.2. The van der Waals surface area contributed by atoms with Crippen LogP contribution in [0.5, 0.6) is 0 Å². The number of fused-ring (bicyclic) bond motifs is 1. The van der Waals surface area contributed by atoms with Crippen molar-refractivity contribution >= 4 is 33.0 Å². The van der Waals surface area contributed by atoms with E-state index in [1.54, 1.807) is 24.4 Å².